The molecule has 2 atom stereocenters. The summed E-state index contributed by atoms with van der Waals surface area (Å²) in [5.41, 5.74) is 0.565. The number of methoxy groups -OCH3 is 1. The SMILES string of the molecule is COc1cccc(C(=O)N2C(C(=O)Nc3ccccc3F)CSC2C(C)C)c1. The smallest absolute Gasteiger partial charge is 0.255 e. The number of para-hydroxylation sites is 1. The van der Waals surface area contributed by atoms with Gasteiger partial charge in [0.1, 0.15) is 17.6 Å². The summed E-state index contributed by atoms with van der Waals surface area (Å²) in [4.78, 5) is 27.8. The fourth-order valence-electron chi connectivity index (χ4n) is 3.18. The second-order valence-corrected chi connectivity index (χ2v) is 8.05. The minimum absolute atomic E-state index is 0.110. The van der Waals surface area contributed by atoms with Gasteiger partial charge in [-0.3, -0.25) is 9.59 Å². The Hall–Kier alpha value is -2.54. The van der Waals surface area contributed by atoms with Gasteiger partial charge in [-0.2, -0.15) is 0 Å². The van der Waals surface area contributed by atoms with E-state index in [1.54, 1.807) is 53.1 Å². The number of ether oxygens (including phenoxy) is 1. The summed E-state index contributed by atoms with van der Waals surface area (Å²) >= 11 is 1.56. The van der Waals surface area contributed by atoms with Gasteiger partial charge in [0.05, 0.1) is 18.2 Å². The van der Waals surface area contributed by atoms with Gasteiger partial charge in [-0.05, 0) is 36.2 Å². The predicted molar refractivity (Wildman–Crippen MR) is 109 cm³/mol. The first-order chi connectivity index (χ1) is 13.4. The van der Waals surface area contributed by atoms with Crippen LogP contribution in [0.4, 0.5) is 10.1 Å². The van der Waals surface area contributed by atoms with Crippen molar-refractivity contribution >= 4 is 29.3 Å². The molecule has 3 rings (SSSR count). The van der Waals surface area contributed by atoms with Gasteiger partial charge < -0.3 is 15.0 Å². The number of hydrogen-bond acceptors (Lipinski definition) is 4. The summed E-state index contributed by atoms with van der Waals surface area (Å²) in [7, 11) is 1.54. The number of amides is 2. The number of hydrogen-bond donors (Lipinski definition) is 1. The van der Waals surface area contributed by atoms with E-state index in [1.807, 2.05) is 13.8 Å². The Balaban J connectivity index is 1.88. The lowest BCUT2D eigenvalue weighted by Crippen LogP contribution is -2.49. The molecule has 0 radical (unpaired) electrons. The van der Waals surface area contributed by atoms with Gasteiger partial charge in [0.2, 0.25) is 5.91 Å². The summed E-state index contributed by atoms with van der Waals surface area (Å²) in [5.74, 6) is 0.0524. The Morgan fingerprint density at radius 3 is 2.64 bits per heavy atom. The minimum Gasteiger partial charge on any atom is -0.497 e. The van der Waals surface area contributed by atoms with Crippen LogP contribution in [0.5, 0.6) is 5.75 Å². The summed E-state index contributed by atoms with van der Waals surface area (Å²) in [5, 5.41) is 2.48. The maximum Gasteiger partial charge on any atom is 0.255 e. The van der Waals surface area contributed by atoms with Crippen LogP contribution < -0.4 is 10.1 Å². The summed E-state index contributed by atoms with van der Waals surface area (Å²) in [6.45, 7) is 4.03. The maximum absolute atomic E-state index is 13.9. The van der Waals surface area contributed by atoms with Crippen LogP contribution in [0.3, 0.4) is 0 Å². The molecule has 28 heavy (non-hydrogen) atoms. The molecule has 7 heteroatoms. The molecule has 2 unspecified atom stereocenters. The average Bonchev–Trinajstić information content (AvgIpc) is 3.14. The van der Waals surface area contributed by atoms with Crippen LogP contribution in [0.25, 0.3) is 0 Å². The van der Waals surface area contributed by atoms with Crippen molar-refractivity contribution < 1.29 is 18.7 Å². The molecule has 0 aliphatic carbocycles. The van der Waals surface area contributed by atoms with Crippen LogP contribution in [-0.4, -0.2) is 41.0 Å². The zero-order chi connectivity index (χ0) is 20.3. The lowest BCUT2D eigenvalue weighted by molar-refractivity contribution is -0.119. The van der Waals surface area contributed by atoms with Crippen molar-refractivity contribution in [2.24, 2.45) is 5.92 Å². The van der Waals surface area contributed by atoms with E-state index in [0.717, 1.165) is 0 Å². The van der Waals surface area contributed by atoms with Gasteiger partial charge in [0.25, 0.3) is 5.91 Å². The number of nitrogens with one attached hydrogen (secondary N) is 1. The Bertz CT molecular complexity index is 874. The first-order valence-corrected chi connectivity index (χ1v) is 10.1. The van der Waals surface area contributed by atoms with Crippen molar-refractivity contribution in [3.63, 3.8) is 0 Å². The van der Waals surface area contributed by atoms with Crippen LogP contribution in [0.15, 0.2) is 48.5 Å². The van der Waals surface area contributed by atoms with Crippen LogP contribution in [0, 0.1) is 11.7 Å². The number of nitrogens with zero attached hydrogens (tertiary/aromatic N) is 1. The lowest BCUT2D eigenvalue weighted by Gasteiger charge is -2.31. The molecule has 1 aliphatic heterocycles. The summed E-state index contributed by atoms with van der Waals surface area (Å²) in [6, 6.07) is 12.2. The fourth-order valence-corrected chi connectivity index (χ4v) is 4.66. The van der Waals surface area contributed by atoms with E-state index >= 15 is 0 Å². The second kappa shape index (κ2) is 8.65. The highest BCUT2D eigenvalue weighted by atomic mass is 32.2. The molecule has 0 saturated carbocycles. The molecule has 1 N–H and O–H groups in total. The molecule has 0 aromatic heterocycles. The molecule has 2 aromatic carbocycles. The molecular formula is C21H23FN2O3S. The highest BCUT2D eigenvalue weighted by molar-refractivity contribution is 8.00. The molecule has 0 spiro atoms. The highest BCUT2D eigenvalue weighted by Crippen LogP contribution is 2.36. The molecule has 2 amide bonds. The van der Waals surface area contributed by atoms with Gasteiger partial charge >= 0.3 is 0 Å². The highest BCUT2D eigenvalue weighted by Gasteiger charge is 2.43. The molecule has 2 aromatic rings. The van der Waals surface area contributed by atoms with Crippen LogP contribution in [0.1, 0.15) is 24.2 Å². The van der Waals surface area contributed by atoms with Gasteiger partial charge in [0, 0.05) is 11.3 Å². The van der Waals surface area contributed by atoms with Gasteiger partial charge in [-0.1, -0.05) is 32.0 Å². The third kappa shape index (κ3) is 4.14. The van der Waals surface area contributed by atoms with Crippen molar-refractivity contribution in [2.45, 2.75) is 25.3 Å². The Labute approximate surface area is 168 Å². The van der Waals surface area contributed by atoms with E-state index in [1.165, 1.54) is 19.2 Å². The molecule has 0 bridgehead atoms. The molecular weight excluding hydrogens is 379 g/mol. The standard InChI is InChI=1S/C21H23FN2O3S/c1-13(2)21-24(20(26)14-7-6-8-15(11-14)27-3)18(12-28-21)19(25)23-17-10-5-4-9-16(17)22/h4-11,13,18,21H,12H2,1-3H3,(H,23,25). The summed E-state index contributed by atoms with van der Waals surface area (Å²) in [6.07, 6.45) is 0. The van der Waals surface area contributed by atoms with Gasteiger partial charge in [0.15, 0.2) is 0 Å². The van der Waals surface area contributed by atoms with E-state index in [0.29, 0.717) is 17.1 Å². The maximum atomic E-state index is 13.9. The number of anilines is 1. The molecule has 5 nitrogen and oxygen atoms in total. The molecule has 148 valence electrons. The number of benzene rings is 2. The normalized spacial score (nSPS) is 19.0. The van der Waals surface area contributed by atoms with Gasteiger partial charge in [-0.15, -0.1) is 11.8 Å². The topological polar surface area (TPSA) is 58.6 Å². The number of carbonyl (C=O) groups is 2. The number of carbonyl (C=O) groups excluding carboxylic acids is 2. The number of thioether (sulfide) groups is 1. The fraction of sp³-hybridized carbons (Fsp3) is 0.333. The van der Waals surface area contributed by atoms with Crippen molar-refractivity contribution in [2.75, 3.05) is 18.2 Å². The van der Waals surface area contributed by atoms with Gasteiger partial charge in [-0.25, -0.2) is 4.39 Å². The average molecular weight is 402 g/mol. The third-order valence-corrected chi connectivity index (χ3v) is 6.21. The monoisotopic (exact) mass is 402 g/mol. The Kier molecular flexibility index (Phi) is 6.24. The summed E-state index contributed by atoms with van der Waals surface area (Å²) < 4.78 is 19.1. The molecule has 1 fully saturated rings. The number of rotatable bonds is 5. The molecule has 1 saturated heterocycles. The minimum atomic E-state index is -0.685. The first-order valence-electron chi connectivity index (χ1n) is 9.06. The van der Waals surface area contributed by atoms with Crippen LogP contribution in [0.2, 0.25) is 0 Å². The quantitative estimate of drug-likeness (QED) is 0.821. The van der Waals surface area contributed by atoms with Crippen LogP contribution in [-0.2, 0) is 4.79 Å². The number of halogens is 1. The van der Waals surface area contributed by atoms with Crippen LogP contribution >= 0.6 is 11.8 Å². The molecule has 1 aliphatic rings. The second-order valence-electron chi connectivity index (χ2n) is 6.90. The predicted octanol–water partition coefficient (Wildman–Crippen LogP) is 4.01. The Morgan fingerprint density at radius 1 is 1.21 bits per heavy atom. The largest absolute Gasteiger partial charge is 0.497 e. The van der Waals surface area contributed by atoms with E-state index in [2.05, 4.69) is 5.32 Å². The van der Waals surface area contributed by atoms with Crippen molar-refractivity contribution in [3.8, 4) is 5.75 Å². The van der Waals surface area contributed by atoms with E-state index in [4.69, 9.17) is 4.74 Å². The van der Waals surface area contributed by atoms with Crippen molar-refractivity contribution in [1.82, 2.24) is 4.90 Å². The van der Waals surface area contributed by atoms with E-state index in [9.17, 15) is 14.0 Å². The zero-order valence-corrected chi connectivity index (χ0v) is 16.8. The van der Waals surface area contributed by atoms with E-state index < -0.39 is 17.8 Å². The first kappa shape index (κ1) is 20.2. The zero-order valence-electron chi connectivity index (χ0n) is 16.0. The van der Waals surface area contributed by atoms with Crippen molar-refractivity contribution in [1.29, 1.82) is 0 Å². The van der Waals surface area contributed by atoms with E-state index in [-0.39, 0.29) is 22.9 Å². The Morgan fingerprint density at radius 2 is 1.96 bits per heavy atom. The third-order valence-electron chi connectivity index (χ3n) is 4.59. The molecule has 1 heterocycles. The lowest BCUT2D eigenvalue weighted by atomic mass is 10.1. The van der Waals surface area contributed by atoms with Crippen molar-refractivity contribution in [3.05, 3.63) is 59.9 Å².